The number of hydrazone groups is 1. The minimum Gasteiger partial charge on any atom is -0.503 e. The standard InChI is InChI=1S/C12H10BrClN4O3/c1-21-8-3-2-6(9(13)11(8)19)4-15-17-7-5-16-18-12(20)10(7)14/h2-5,19H,1H3,(H2,17,18,20)/b15-4+. The number of aromatic amines is 1. The van der Waals surface area contributed by atoms with E-state index in [2.05, 4.69) is 36.7 Å². The topological polar surface area (TPSA) is 99.6 Å². The number of aromatic hydroxyl groups is 1. The lowest BCUT2D eigenvalue weighted by Gasteiger charge is -2.07. The molecule has 110 valence electrons. The minimum absolute atomic E-state index is 0.0303. The summed E-state index contributed by atoms with van der Waals surface area (Å²) in [5, 5.41) is 19.5. The molecule has 0 spiro atoms. The van der Waals surface area contributed by atoms with E-state index in [1.165, 1.54) is 19.5 Å². The number of anilines is 1. The van der Waals surface area contributed by atoms with Gasteiger partial charge < -0.3 is 9.84 Å². The van der Waals surface area contributed by atoms with Gasteiger partial charge in [0.25, 0.3) is 5.56 Å². The Balaban J connectivity index is 2.21. The van der Waals surface area contributed by atoms with Crippen LogP contribution in [0.15, 0.2) is 32.7 Å². The fourth-order valence-electron chi connectivity index (χ4n) is 1.46. The van der Waals surface area contributed by atoms with Crippen molar-refractivity contribution in [1.29, 1.82) is 0 Å². The van der Waals surface area contributed by atoms with Crippen LogP contribution in [0.4, 0.5) is 5.69 Å². The van der Waals surface area contributed by atoms with Gasteiger partial charge in [0, 0.05) is 5.56 Å². The SMILES string of the molecule is COc1ccc(/C=N/Nc2cn[nH]c(=O)c2Cl)c(Br)c1O. The molecule has 0 aliphatic carbocycles. The smallest absolute Gasteiger partial charge is 0.285 e. The van der Waals surface area contributed by atoms with Gasteiger partial charge in [-0.1, -0.05) is 11.6 Å². The highest BCUT2D eigenvalue weighted by Crippen LogP contribution is 2.35. The summed E-state index contributed by atoms with van der Waals surface area (Å²) in [5.41, 5.74) is 2.96. The van der Waals surface area contributed by atoms with Crippen molar-refractivity contribution in [1.82, 2.24) is 10.2 Å². The lowest BCUT2D eigenvalue weighted by molar-refractivity contribution is 0.372. The van der Waals surface area contributed by atoms with Crippen molar-refractivity contribution in [3.05, 3.63) is 43.7 Å². The number of methoxy groups -OCH3 is 1. The Bertz CT molecular complexity index is 748. The fraction of sp³-hybridized carbons (Fsp3) is 0.0833. The maximum absolute atomic E-state index is 11.2. The molecule has 0 atom stereocenters. The highest BCUT2D eigenvalue weighted by atomic mass is 79.9. The minimum atomic E-state index is -0.514. The molecule has 0 fully saturated rings. The largest absolute Gasteiger partial charge is 0.503 e. The van der Waals surface area contributed by atoms with Gasteiger partial charge in [0.15, 0.2) is 11.5 Å². The number of H-pyrrole nitrogens is 1. The van der Waals surface area contributed by atoms with E-state index in [1.54, 1.807) is 12.1 Å². The molecule has 0 saturated heterocycles. The summed E-state index contributed by atoms with van der Waals surface area (Å²) >= 11 is 9.03. The van der Waals surface area contributed by atoms with E-state index in [1.807, 2.05) is 0 Å². The van der Waals surface area contributed by atoms with Crippen LogP contribution < -0.4 is 15.7 Å². The van der Waals surface area contributed by atoms with Crippen molar-refractivity contribution in [3.8, 4) is 11.5 Å². The summed E-state index contributed by atoms with van der Waals surface area (Å²) in [5.74, 6) is 0.311. The third-order valence-corrected chi connectivity index (χ3v) is 3.72. The Kier molecular flexibility index (Phi) is 4.81. The van der Waals surface area contributed by atoms with E-state index in [-0.39, 0.29) is 16.5 Å². The molecule has 0 aliphatic rings. The summed E-state index contributed by atoms with van der Waals surface area (Å²) in [4.78, 5) is 11.2. The number of hydrogen-bond acceptors (Lipinski definition) is 6. The van der Waals surface area contributed by atoms with Crippen molar-refractivity contribution in [2.45, 2.75) is 0 Å². The summed E-state index contributed by atoms with van der Waals surface area (Å²) in [6, 6.07) is 3.30. The molecule has 1 aromatic carbocycles. The van der Waals surface area contributed by atoms with E-state index in [9.17, 15) is 9.90 Å². The molecule has 1 aromatic heterocycles. The van der Waals surface area contributed by atoms with Crippen LogP contribution in [0, 0.1) is 0 Å². The predicted octanol–water partition coefficient (Wildman–Crippen LogP) is 2.35. The molecule has 0 amide bonds. The lowest BCUT2D eigenvalue weighted by atomic mass is 10.2. The Morgan fingerprint density at radius 2 is 2.33 bits per heavy atom. The maximum atomic E-state index is 11.2. The average Bonchev–Trinajstić information content (AvgIpc) is 2.48. The van der Waals surface area contributed by atoms with Gasteiger partial charge in [-0.3, -0.25) is 10.2 Å². The molecule has 0 aliphatic heterocycles. The molecular weight excluding hydrogens is 364 g/mol. The van der Waals surface area contributed by atoms with E-state index < -0.39 is 5.56 Å². The van der Waals surface area contributed by atoms with Gasteiger partial charge in [0.1, 0.15) is 10.7 Å². The highest BCUT2D eigenvalue weighted by molar-refractivity contribution is 9.10. The Hall–Kier alpha value is -2.06. The number of phenolic OH excluding ortho intramolecular Hbond substituents is 1. The highest BCUT2D eigenvalue weighted by Gasteiger charge is 2.09. The van der Waals surface area contributed by atoms with Gasteiger partial charge in [0.05, 0.1) is 24.0 Å². The van der Waals surface area contributed by atoms with Crippen LogP contribution in [0.5, 0.6) is 11.5 Å². The molecule has 21 heavy (non-hydrogen) atoms. The predicted molar refractivity (Wildman–Crippen MR) is 83.4 cm³/mol. The average molecular weight is 374 g/mol. The van der Waals surface area contributed by atoms with Crippen LogP contribution in [-0.4, -0.2) is 28.6 Å². The molecule has 2 aromatic rings. The molecule has 9 heteroatoms. The summed E-state index contributed by atoms with van der Waals surface area (Å²) in [6.07, 6.45) is 2.78. The monoisotopic (exact) mass is 372 g/mol. The van der Waals surface area contributed by atoms with E-state index in [0.29, 0.717) is 15.8 Å². The van der Waals surface area contributed by atoms with Gasteiger partial charge in [-0.2, -0.15) is 10.2 Å². The number of rotatable bonds is 4. The number of benzene rings is 1. The Morgan fingerprint density at radius 3 is 3.05 bits per heavy atom. The lowest BCUT2D eigenvalue weighted by Crippen LogP contribution is -2.10. The van der Waals surface area contributed by atoms with Crippen LogP contribution in [0.3, 0.4) is 0 Å². The van der Waals surface area contributed by atoms with Crippen LogP contribution in [0.1, 0.15) is 5.56 Å². The van der Waals surface area contributed by atoms with E-state index in [0.717, 1.165) is 0 Å². The van der Waals surface area contributed by atoms with Gasteiger partial charge in [-0.05, 0) is 28.1 Å². The first kappa shape index (κ1) is 15.3. The Morgan fingerprint density at radius 1 is 1.57 bits per heavy atom. The number of phenols is 1. The van der Waals surface area contributed by atoms with Gasteiger partial charge >= 0.3 is 0 Å². The van der Waals surface area contributed by atoms with Crippen molar-refractivity contribution in [2.75, 3.05) is 12.5 Å². The van der Waals surface area contributed by atoms with Crippen molar-refractivity contribution in [2.24, 2.45) is 5.10 Å². The van der Waals surface area contributed by atoms with Crippen molar-refractivity contribution >= 4 is 39.4 Å². The molecule has 3 N–H and O–H groups in total. The van der Waals surface area contributed by atoms with Gasteiger partial charge in [-0.25, -0.2) is 5.10 Å². The zero-order valence-electron chi connectivity index (χ0n) is 10.7. The van der Waals surface area contributed by atoms with E-state index >= 15 is 0 Å². The first-order valence-electron chi connectivity index (χ1n) is 5.62. The summed E-state index contributed by atoms with van der Waals surface area (Å²) < 4.78 is 5.41. The number of nitrogens with one attached hydrogen (secondary N) is 2. The third-order valence-electron chi connectivity index (χ3n) is 2.51. The number of aromatic nitrogens is 2. The fourth-order valence-corrected chi connectivity index (χ4v) is 2.02. The zero-order valence-corrected chi connectivity index (χ0v) is 13.1. The number of nitrogens with zero attached hydrogens (tertiary/aromatic N) is 2. The summed E-state index contributed by atoms with van der Waals surface area (Å²) in [6.45, 7) is 0. The van der Waals surface area contributed by atoms with Crippen LogP contribution >= 0.6 is 27.5 Å². The molecule has 0 radical (unpaired) electrons. The van der Waals surface area contributed by atoms with Crippen LogP contribution in [0.2, 0.25) is 5.02 Å². The number of hydrogen-bond donors (Lipinski definition) is 3. The maximum Gasteiger partial charge on any atom is 0.285 e. The molecule has 0 saturated carbocycles. The second-order valence-corrected chi connectivity index (χ2v) is 4.99. The molecule has 0 bridgehead atoms. The zero-order chi connectivity index (χ0) is 15.4. The molecule has 7 nitrogen and oxygen atoms in total. The molecule has 1 heterocycles. The summed E-state index contributed by atoms with van der Waals surface area (Å²) in [7, 11) is 1.46. The van der Waals surface area contributed by atoms with Crippen LogP contribution in [-0.2, 0) is 0 Å². The second-order valence-electron chi connectivity index (χ2n) is 3.82. The van der Waals surface area contributed by atoms with Crippen molar-refractivity contribution in [3.63, 3.8) is 0 Å². The normalized spacial score (nSPS) is 10.8. The number of ether oxygens (including phenoxy) is 1. The van der Waals surface area contributed by atoms with Crippen molar-refractivity contribution < 1.29 is 9.84 Å². The quantitative estimate of drug-likeness (QED) is 0.564. The van der Waals surface area contributed by atoms with Gasteiger partial charge in [-0.15, -0.1) is 0 Å². The van der Waals surface area contributed by atoms with Crippen LogP contribution in [0.25, 0.3) is 0 Å². The first-order chi connectivity index (χ1) is 10.0. The van der Waals surface area contributed by atoms with E-state index in [4.69, 9.17) is 16.3 Å². The number of halogens is 2. The Labute approximate surface area is 132 Å². The van der Waals surface area contributed by atoms with Gasteiger partial charge in [0.2, 0.25) is 0 Å². The molecule has 2 rings (SSSR count). The third kappa shape index (κ3) is 3.34. The molecular formula is C12H10BrClN4O3. The second kappa shape index (κ2) is 6.59. The molecule has 0 unspecified atom stereocenters. The first-order valence-corrected chi connectivity index (χ1v) is 6.79.